The number of rotatable bonds is 2. The molecule has 0 saturated carbocycles. The first-order chi connectivity index (χ1) is 9.02. The largest absolute Gasteiger partial charge is 0.755 e. The Bertz CT molecular complexity index is 667. The van der Waals surface area contributed by atoms with Crippen molar-refractivity contribution in [3.63, 3.8) is 0 Å². The van der Waals surface area contributed by atoms with Gasteiger partial charge in [0.2, 0.25) is 0 Å². The molecule has 0 fully saturated rings. The van der Waals surface area contributed by atoms with E-state index in [0.717, 1.165) is 5.39 Å². The van der Waals surface area contributed by atoms with Crippen LogP contribution in [0.15, 0.2) is 42.5 Å². The minimum Gasteiger partial charge on any atom is -0.755 e. The van der Waals surface area contributed by atoms with E-state index in [9.17, 15) is 18.4 Å². The number of benzene rings is 2. The van der Waals surface area contributed by atoms with Crippen molar-refractivity contribution in [2.75, 3.05) is 0 Å². The molecule has 0 bridgehead atoms. The van der Waals surface area contributed by atoms with E-state index in [2.05, 4.69) is 0 Å². The summed E-state index contributed by atoms with van der Waals surface area (Å²) in [6.45, 7) is 0. The highest BCUT2D eigenvalue weighted by molar-refractivity contribution is 7.78. The average Bonchev–Trinajstić information content (AvgIpc) is 2.37. The standard InChI is InChI=1S/C12H10N2O4S/c13-12(16)14(19(17)18)11(15)10-7-3-5-8-4-1-2-6-9(8)10/h1-7H,(H2,13,16)(H,17,18)/p-1. The minimum absolute atomic E-state index is 0.0121. The van der Waals surface area contributed by atoms with E-state index in [1.807, 2.05) is 0 Å². The second-order valence-electron chi connectivity index (χ2n) is 3.68. The molecule has 3 amide bonds. The Hall–Kier alpha value is -2.25. The number of primary amides is 1. The molecule has 0 aromatic heterocycles. The van der Waals surface area contributed by atoms with Gasteiger partial charge in [-0.3, -0.25) is 9.00 Å². The smallest absolute Gasteiger partial charge is 0.333 e. The summed E-state index contributed by atoms with van der Waals surface area (Å²) >= 11 is -3.05. The van der Waals surface area contributed by atoms with Gasteiger partial charge in [-0.15, -0.1) is 0 Å². The monoisotopic (exact) mass is 277 g/mol. The number of carbonyl (C=O) groups excluding carboxylic acids is 2. The van der Waals surface area contributed by atoms with E-state index in [1.54, 1.807) is 36.4 Å². The molecule has 0 heterocycles. The van der Waals surface area contributed by atoms with Crippen LogP contribution in [0, 0.1) is 0 Å². The number of amides is 3. The Morgan fingerprint density at radius 3 is 2.37 bits per heavy atom. The molecule has 1 atom stereocenters. The summed E-state index contributed by atoms with van der Waals surface area (Å²) in [6, 6.07) is 10.4. The lowest BCUT2D eigenvalue weighted by atomic mass is 10.0. The molecule has 1 unspecified atom stereocenters. The number of nitrogens with zero attached hydrogens (tertiary/aromatic N) is 1. The molecule has 2 N–H and O–H groups in total. The normalized spacial score (nSPS) is 12.1. The van der Waals surface area contributed by atoms with Crippen molar-refractivity contribution in [3.8, 4) is 0 Å². The second-order valence-corrected chi connectivity index (χ2v) is 4.48. The van der Waals surface area contributed by atoms with Gasteiger partial charge < -0.3 is 10.3 Å². The third-order valence-electron chi connectivity index (χ3n) is 2.55. The summed E-state index contributed by atoms with van der Waals surface area (Å²) < 4.78 is 21.8. The summed E-state index contributed by atoms with van der Waals surface area (Å²) in [5.41, 5.74) is 4.99. The molecule has 0 aliphatic carbocycles. The Labute approximate surface area is 111 Å². The third kappa shape index (κ3) is 2.47. The molecule has 0 aliphatic rings. The summed E-state index contributed by atoms with van der Waals surface area (Å²) in [5, 5.41) is 1.31. The molecule has 0 saturated heterocycles. The van der Waals surface area contributed by atoms with E-state index < -0.39 is 23.2 Å². The van der Waals surface area contributed by atoms with Crippen LogP contribution in [0.1, 0.15) is 10.4 Å². The van der Waals surface area contributed by atoms with Crippen molar-refractivity contribution in [3.05, 3.63) is 48.0 Å². The molecule has 19 heavy (non-hydrogen) atoms. The Morgan fingerprint density at radius 1 is 1.11 bits per heavy atom. The summed E-state index contributed by atoms with van der Waals surface area (Å²) in [6.07, 6.45) is 0. The molecule has 6 nitrogen and oxygen atoms in total. The van der Waals surface area contributed by atoms with Crippen LogP contribution in [0.5, 0.6) is 0 Å². The highest BCUT2D eigenvalue weighted by Crippen LogP contribution is 2.20. The summed E-state index contributed by atoms with van der Waals surface area (Å²) in [7, 11) is 0. The lowest BCUT2D eigenvalue weighted by Gasteiger charge is -2.20. The van der Waals surface area contributed by atoms with Gasteiger partial charge in [0.15, 0.2) is 0 Å². The number of hydrogen-bond donors (Lipinski definition) is 1. The Kier molecular flexibility index (Phi) is 3.59. The van der Waals surface area contributed by atoms with Gasteiger partial charge in [-0.05, 0) is 16.8 Å². The zero-order chi connectivity index (χ0) is 14.0. The quantitative estimate of drug-likeness (QED) is 0.831. The summed E-state index contributed by atoms with van der Waals surface area (Å²) in [4.78, 5) is 23.1. The van der Waals surface area contributed by atoms with Crippen LogP contribution in [0.3, 0.4) is 0 Å². The number of nitrogens with two attached hydrogens (primary N) is 1. The van der Waals surface area contributed by atoms with Gasteiger partial charge in [-0.25, -0.2) is 4.79 Å². The van der Waals surface area contributed by atoms with Gasteiger partial charge in [-0.2, -0.15) is 4.31 Å². The minimum atomic E-state index is -3.05. The van der Waals surface area contributed by atoms with Crippen LogP contribution in [-0.2, 0) is 11.3 Å². The number of carbonyl (C=O) groups is 2. The van der Waals surface area contributed by atoms with E-state index in [1.165, 1.54) is 6.07 Å². The zero-order valence-corrected chi connectivity index (χ0v) is 10.4. The average molecular weight is 277 g/mol. The molecular weight excluding hydrogens is 268 g/mol. The summed E-state index contributed by atoms with van der Waals surface area (Å²) in [5.74, 6) is -0.974. The molecular formula is C12H9N2O4S-. The topological polar surface area (TPSA) is 104 Å². The van der Waals surface area contributed by atoms with Crippen LogP contribution in [0.4, 0.5) is 4.79 Å². The number of imide groups is 1. The van der Waals surface area contributed by atoms with E-state index in [0.29, 0.717) is 5.39 Å². The predicted octanol–water partition coefficient (Wildman–Crippen LogP) is 1.15. The van der Waals surface area contributed by atoms with Crippen LogP contribution >= 0.6 is 0 Å². The van der Waals surface area contributed by atoms with Crippen molar-refractivity contribution < 1.29 is 18.4 Å². The molecule has 0 spiro atoms. The SMILES string of the molecule is NC(=O)N(C(=O)c1cccc2ccccc12)S(=O)[O-]. The van der Waals surface area contributed by atoms with Gasteiger partial charge in [0, 0.05) is 5.56 Å². The first-order valence-corrected chi connectivity index (χ1v) is 6.26. The first kappa shape index (κ1) is 13.2. The van der Waals surface area contributed by atoms with E-state index in [4.69, 9.17) is 5.73 Å². The zero-order valence-electron chi connectivity index (χ0n) is 9.61. The lowest BCUT2D eigenvalue weighted by Crippen LogP contribution is -2.41. The fourth-order valence-corrected chi connectivity index (χ4v) is 2.14. The van der Waals surface area contributed by atoms with E-state index in [-0.39, 0.29) is 9.87 Å². The van der Waals surface area contributed by atoms with Crippen LogP contribution < -0.4 is 5.73 Å². The second kappa shape index (κ2) is 5.17. The van der Waals surface area contributed by atoms with Gasteiger partial charge >= 0.3 is 6.03 Å². The fraction of sp³-hybridized carbons (Fsp3) is 0. The number of hydrogen-bond acceptors (Lipinski definition) is 4. The highest BCUT2D eigenvalue weighted by Gasteiger charge is 2.23. The molecule has 2 rings (SSSR count). The van der Waals surface area contributed by atoms with Gasteiger partial charge in [-0.1, -0.05) is 36.4 Å². The molecule has 98 valence electrons. The maximum Gasteiger partial charge on any atom is 0.333 e. The Morgan fingerprint density at radius 2 is 1.74 bits per heavy atom. The van der Waals surface area contributed by atoms with Crippen LogP contribution in [0.2, 0.25) is 0 Å². The third-order valence-corrected chi connectivity index (χ3v) is 3.20. The van der Waals surface area contributed by atoms with Gasteiger partial charge in [0.05, 0.1) is 11.3 Å². The molecule has 0 aliphatic heterocycles. The lowest BCUT2D eigenvalue weighted by molar-refractivity contribution is 0.0890. The van der Waals surface area contributed by atoms with Gasteiger partial charge in [0.25, 0.3) is 5.91 Å². The van der Waals surface area contributed by atoms with Crippen molar-refractivity contribution >= 4 is 34.0 Å². The van der Waals surface area contributed by atoms with Gasteiger partial charge in [0.1, 0.15) is 0 Å². The Balaban J connectivity index is 2.58. The van der Waals surface area contributed by atoms with Crippen molar-refractivity contribution in [2.24, 2.45) is 5.73 Å². The molecule has 2 aromatic carbocycles. The van der Waals surface area contributed by atoms with Crippen molar-refractivity contribution in [1.82, 2.24) is 4.31 Å². The van der Waals surface area contributed by atoms with Crippen molar-refractivity contribution in [2.45, 2.75) is 0 Å². The predicted molar refractivity (Wildman–Crippen MR) is 68.6 cm³/mol. The number of urea groups is 1. The maximum absolute atomic E-state index is 12.1. The molecule has 7 heteroatoms. The fourth-order valence-electron chi connectivity index (χ4n) is 1.76. The van der Waals surface area contributed by atoms with Crippen LogP contribution in [0.25, 0.3) is 10.8 Å². The van der Waals surface area contributed by atoms with Crippen molar-refractivity contribution in [1.29, 1.82) is 0 Å². The molecule has 0 radical (unpaired) electrons. The van der Waals surface area contributed by atoms with Crippen LogP contribution in [-0.4, -0.2) is 25.0 Å². The number of fused-ring (bicyclic) bond motifs is 1. The molecule has 2 aromatic rings. The maximum atomic E-state index is 12.1. The first-order valence-electron chi connectivity index (χ1n) is 5.23. The van der Waals surface area contributed by atoms with E-state index >= 15 is 0 Å². The highest BCUT2D eigenvalue weighted by atomic mass is 32.2.